The van der Waals surface area contributed by atoms with E-state index in [1.807, 2.05) is 0 Å². The van der Waals surface area contributed by atoms with Gasteiger partial charge in [0.15, 0.2) is 0 Å². The summed E-state index contributed by atoms with van der Waals surface area (Å²) in [7, 11) is 0. The molecule has 128 valence electrons. The lowest BCUT2D eigenvalue weighted by Crippen LogP contribution is -2.33. The Morgan fingerprint density at radius 3 is 2.88 bits per heavy atom. The molecule has 1 saturated heterocycles. The average molecular weight is 332 g/mol. The molecule has 7 heteroatoms. The van der Waals surface area contributed by atoms with Crippen molar-refractivity contribution in [1.82, 2.24) is 9.55 Å². The molecule has 1 aliphatic rings. The maximum Gasteiger partial charge on any atom is 0.330 e. The minimum absolute atomic E-state index is 0.0879. The van der Waals surface area contributed by atoms with E-state index >= 15 is 0 Å². The summed E-state index contributed by atoms with van der Waals surface area (Å²) < 4.78 is 6.58. The van der Waals surface area contributed by atoms with Crippen molar-refractivity contribution < 1.29 is 14.9 Å². The fraction of sp³-hybridized carbons (Fsp3) is 0.529. The Bertz CT molecular complexity index is 802. The number of unbranched alkanes of at least 4 members (excludes halogenated alkanes) is 2. The van der Waals surface area contributed by atoms with Crippen LogP contribution in [0.5, 0.6) is 0 Å². The first kappa shape index (κ1) is 18.0. The molecule has 1 fully saturated rings. The molecule has 0 bridgehead atoms. The molecule has 0 saturated carbocycles. The van der Waals surface area contributed by atoms with E-state index in [-0.39, 0.29) is 18.6 Å². The van der Waals surface area contributed by atoms with Crippen LogP contribution in [0.1, 0.15) is 44.4 Å². The molecule has 2 rings (SSSR count). The van der Waals surface area contributed by atoms with Crippen molar-refractivity contribution in [3.8, 4) is 23.7 Å². The van der Waals surface area contributed by atoms with Gasteiger partial charge in [-0.1, -0.05) is 19.3 Å². The first-order valence-corrected chi connectivity index (χ1v) is 7.85. The molecule has 0 spiro atoms. The molecule has 0 aliphatic carbocycles. The molecule has 3 N–H and O–H groups in total. The van der Waals surface area contributed by atoms with Crippen LogP contribution in [0.15, 0.2) is 15.8 Å². The number of hydrogen-bond acceptors (Lipinski definition) is 5. The summed E-state index contributed by atoms with van der Waals surface area (Å²) in [6, 6.07) is 0. The van der Waals surface area contributed by atoms with Crippen LogP contribution in [0.2, 0.25) is 0 Å². The number of aliphatic hydroxyl groups is 2. The lowest BCUT2D eigenvalue weighted by Gasteiger charge is -2.14. The van der Waals surface area contributed by atoms with Crippen LogP contribution in [-0.4, -0.2) is 38.6 Å². The predicted molar refractivity (Wildman–Crippen MR) is 87.1 cm³/mol. The van der Waals surface area contributed by atoms with E-state index in [1.54, 1.807) is 0 Å². The summed E-state index contributed by atoms with van der Waals surface area (Å²) in [4.78, 5) is 25.9. The monoisotopic (exact) mass is 332 g/mol. The number of hydrogen-bond donors (Lipinski definition) is 3. The average Bonchev–Trinajstić information content (AvgIpc) is 2.93. The first-order valence-electron chi connectivity index (χ1n) is 7.85. The second-order valence-corrected chi connectivity index (χ2v) is 5.48. The molecule has 1 aromatic rings. The molecule has 7 nitrogen and oxygen atoms in total. The Labute approximate surface area is 139 Å². The number of aliphatic hydroxyl groups excluding tert-OH is 2. The van der Waals surface area contributed by atoms with Crippen molar-refractivity contribution in [2.24, 2.45) is 0 Å². The molecule has 1 aliphatic heterocycles. The number of aromatic amines is 1. The van der Waals surface area contributed by atoms with Gasteiger partial charge < -0.3 is 14.9 Å². The zero-order valence-electron chi connectivity index (χ0n) is 13.4. The molecular formula is C17H20N2O5. The predicted octanol–water partition coefficient (Wildman–Crippen LogP) is -0.278. The Morgan fingerprint density at radius 1 is 1.42 bits per heavy atom. The van der Waals surface area contributed by atoms with Crippen LogP contribution in [0.3, 0.4) is 0 Å². The van der Waals surface area contributed by atoms with Gasteiger partial charge in [-0.2, -0.15) is 0 Å². The third-order valence-corrected chi connectivity index (χ3v) is 3.67. The van der Waals surface area contributed by atoms with Crippen molar-refractivity contribution >= 4 is 0 Å². The van der Waals surface area contributed by atoms with E-state index in [1.165, 1.54) is 6.20 Å². The van der Waals surface area contributed by atoms with E-state index in [9.17, 15) is 14.7 Å². The summed E-state index contributed by atoms with van der Waals surface area (Å²) in [5.74, 6) is 10.8. The standard InChI is InChI=1S/C17H20N2O5/c1-2-3-4-5-6-7-8-12-10-19(17(23)18-16(12)22)15-9-13(21)14(11-20)24-15/h10,13-15,20-21H,2-4,9,11H2,1H3,(H,18,22,23)/t13-,14+,15+/m0/s1. The highest BCUT2D eigenvalue weighted by Gasteiger charge is 2.35. The normalized spacial score (nSPS) is 22.4. The molecule has 1 aromatic heterocycles. The largest absolute Gasteiger partial charge is 0.394 e. The molecule has 0 amide bonds. The first-order chi connectivity index (χ1) is 11.6. The maximum atomic E-state index is 11.9. The Morgan fingerprint density at radius 2 is 2.21 bits per heavy atom. The van der Waals surface area contributed by atoms with Crippen LogP contribution in [0, 0.1) is 23.7 Å². The van der Waals surface area contributed by atoms with Gasteiger partial charge in [-0.15, -0.1) is 0 Å². The number of aromatic nitrogens is 2. The van der Waals surface area contributed by atoms with E-state index in [0.29, 0.717) is 0 Å². The van der Waals surface area contributed by atoms with Crippen LogP contribution >= 0.6 is 0 Å². The van der Waals surface area contributed by atoms with Gasteiger partial charge in [0.2, 0.25) is 0 Å². The minimum atomic E-state index is -0.877. The van der Waals surface area contributed by atoms with Crippen molar-refractivity contribution in [2.45, 2.75) is 51.0 Å². The topological polar surface area (TPSA) is 105 Å². The van der Waals surface area contributed by atoms with Crippen LogP contribution < -0.4 is 11.2 Å². The molecule has 24 heavy (non-hydrogen) atoms. The highest BCUT2D eigenvalue weighted by molar-refractivity contribution is 5.37. The summed E-state index contributed by atoms with van der Waals surface area (Å²) >= 11 is 0. The lowest BCUT2D eigenvalue weighted by atomic mass is 10.2. The van der Waals surface area contributed by atoms with Gasteiger partial charge >= 0.3 is 5.69 Å². The second kappa shape index (κ2) is 8.51. The third-order valence-electron chi connectivity index (χ3n) is 3.67. The molecule has 3 atom stereocenters. The van der Waals surface area contributed by atoms with E-state index in [4.69, 9.17) is 9.84 Å². The third kappa shape index (κ3) is 4.36. The number of nitrogens with one attached hydrogen (secondary N) is 1. The highest BCUT2D eigenvalue weighted by Crippen LogP contribution is 2.27. The van der Waals surface area contributed by atoms with Crippen LogP contribution in [0.25, 0.3) is 0 Å². The summed E-state index contributed by atoms with van der Waals surface area (Å²) in [6.45, 7) is 1.72. The highest BCUT2D eigenvalue weighted by atomic mass is 16.5. The van der Waals surface area contributed by atoms with Gasteiger partial charge in [-0.3, -0.25) is 14.3 Å². The van der Waals surface area contributed by atoms with Crippen molar-refractivity contribution in [2.75, 3.05) is 6.61 Å². The quantitative estimate of drug-likeness (QED) is 0.520. The molecule has 0 aromatic carbocycles. The number of rotatable bonds is 4. The number of H-pyrrole nitrogens is 1. The molecular weight excluding hydrogens is 312 g/mol. The van der Waals surface area contributed by atoms with Gasteiger partial charge in [0.05, 0.1) is 12.7 Å². The minimum Gasteiger partial charge on any atom is -0.394 e. The summed E-state index contributed by atoms with van der Waals surface area (Å²) in [5, 5.41) is 18.9. The maximum absolute atomic E-state index is 11.9. The second-order valence-electron chi connectivity index (χ2n) is 5.48. The van der Waals surface area contributed by atoms with Gasteiger partial charge in [-0.05, 0) is 24.2 Å². The van der Waals surface area contributed by atoms with E-state index < -0.39 is 29.7 Å². The van der Waals surface area contributed by atoms with E-state index in [2.05, 4.69) is 35.6 Å². The van der Waals surface area contributed by atoms with Gasteiger partial charge in [0, 0.05) is 19.0 Å². The summed E-state index contributed by atoms with van der Waals surface area (Å²) in [6.07, 6.45) is 1.82. The molecule has 0 radical (unpaired) electrons. The van der Waals surface area contributed by atoms with Gasteiger partial charge in [0.25, 0.3) is 5.56 Å². The Hall–Kier alpha value is -2.32. The smallest absolute Gasteiger partial charge is 0.330 e. The molecule has 2 heterocycles. The van der Waals surface area contributed by atoms with Crippen LogP contribution in [-0.2, 0) is 4.74 Å². The van der Waals surface area contributed by atoms with Crippen LogP contribution in [0.4, 0.5) is 0 Å². The zero-order valence-corrected chi connectivity index (χ0v) is 13.4. The SMILES string of the molecule is CCCCC#CC#Cc1cn([C@H]2C[C@H](O)[C@@H](CO)O2)c(=O)[nH]c1=O. The Balaban J connectivity index is 2.23. The van der Waals surface area contributed by atoms with Crippen molar-refractivity contribution in [1.29, 1.82) is 0 Å². The zero-order chi connectivity index (χ0) is 17.5. The molecule has 0 unspecified atom stereocenters. The van der Waals surface area contributed by atoms with Crippen molar-refractivity contribution in [3.63, 3.8) is 0 Å². The fourth-order valence-corrected chi connectivity index (χ4v) is 2.31. The van der Waals surface area contributed by atoms with Gasteiger partial charge in [0.1, 0.15) is 17.9 Å². The fourth-order valence-electron chi connectivity index (χ4n) is 2.31. The lowest BCUT2D eigenvalue weighted by molar-refractivity contribution is -0.0459. The van der Waals surface area contributed by atoms with Crippen molar-refractivity contribution in [3.05, 3.63) is 32.6 Å². The van der Waals surface area contributed by atoms with E-state index in [0.717, 1.165) is 23.8 Å². The Kier molecular flexibility index (Phi) is 6.39. The number of ether oxygens (including phenoxy) is 1. The van der Waals surface area contributed by atoms with Gasteiger partial charge in [-0.25, -0.2) is 4.79 Å². The number of nitrogens with zero attached hydrogens (tertiary/aromatic N) is 1. The summed E-state index contributed by atoms with van der Waals surface area (Å²) in [5.41, 5.74) is -1.17.